The number of hydrogen-bond donors (Lipinski definition) is 2. The first-order valence-electron chi connectivity index (χ1n) is 7.13. The van der Waals surface area contributed by atoms with Crippen LogP contribution in [0, 0.1) is 5.92 Å². The number of imide groups is 2. The Bertz CT molecular complexity index is 564. The lowest BCUT2D eigenvalue weighted by Crippen LogP contribution is -2.59. The van der Waals surface area contributed by atoms with E-state index in [-0.39, 0.29) is 0 Å². The van der Waals surface area contributed by atoms with Crippen LogP contribution in [0.5, 0.6) is 0 Å². The van der Waals surface area contributed by atoms with Gasteiger partial charge >= 0.3 is 6.03 Å². The van der Waals surface area contributed by atoms with Gasteiger partial charge in [0.2, 0.25) is 11.8 Å². The molecule has 0 radical (unpaired) electrons. The molecule has 1 heterocycles. The molecule has 1 aliphatic rings. The lowest BCUT2D eigenvalue weighted by atomic mass is 9.89. The van der Waals surface area contributed by atoms with Gasteiger partial charge in [-0.15, -0.1) is 0 Å². The van der Waals surface area contributed by atoms with Gasteiger partial charge in [0.05, 0.1) is 6.04 Å². The summed E-state index contributed by atoms with van der Waals surface area (Å²) in [7, 11) is 0. The van der Waals surface area contributed by atoms with Crippen LogP contribution in [-0.4, -0.2) is 35.8 Å². The van der Waals surface area contributed by atoms with Crippen LogP contribution < -0.4 is 10.6 Å². The van der Waals surface area contributed by atoms with E-state index in [1.54, 1.807) is 24.3 Å². The van der Waals surface area contributed by atoms with Crippen molar-refractivity contribution in [3.63, 3.8) is 0 Å². The van der Waals surface area contributed by atoms with Gasteiger partial charge in [-0.25, -0.2) is 4.79 Å². The molecule has 2 rings (SSSR count). The molecule has 1 aliphatic heterocycles. The van der Waals surface area contributed by atoms with Gasteiger partial charge in [-0.05, 0) is 30.8 Å². The summed E-state index contributed by atoms with van der Waals surface area (Å²) in [4.78, 5) is 37.6. The fourth-order valence-corrected chi connectivity index (χ4v) is 2.83. The summed E-state index contributed by atoms with van der Waals surface area (Å²) in [5, 5.41) is 4.90. The van der Waals surface area contributed by atoms with Crippen molar-refractivity contribution in [2.75, 3.05) is 13.1 Å². The van der Waals surface area contributed by atoms with Crippen molar-refractivity contribution in [1.82, 2.24) is 15.5 Å². The number of hydrogen-bond acceptors (Lipinski definition) is 4. The molecule has 0 aromatic heterocycles. The molecule has 1 unspecified atom stereocenters. The fourth-order valence-electron chi connectivity index (χ4n) is 2.71. The maximum atomic E-state index is 12.2. The average Bonchev–Trinajstić information content (AvgIpc) is 2.47. The number of benzene rings is 1. The molecule has 118 valence electrons. The van der Waals surface area contributed by atoms with E-state index < -0.39 is 29.8 Å². The topological polar surface area (TPSA) is 78.5 Å². The fraction of sp³-hybridized carbons (Fsp3) is 0.400. The molecule has 0 saturated carbocycles. The molecule has 6 nitrogen and oxygen atoms in total. The van der Waals surface area contributed by atoms with Crippen molar-refractivity contribution in [2.45, 2.75) is 19.9 Å². The van der Waals surface area contributed by atoms with Crippen molar-refractivity contribution in [2.24, 2.45) is 5.92 Å². The van der Waals surface area contributed by atoms with Crippen molar-refractivity contribution < 1.29 is 14.4 Å². The van der Waals surface area contributed by atoms with E-state index in [2.05, 4.69) is 10.6 Å². The van der Waals surface area contributed by atoms with Crippen LogP contribution in [0.4, 0.5) is 4.79 Å². The smallest absolute Gasteiger partial charge is 0.296 e. The average molecular weight is 324 g/mol. The molecule has 0 aliphatic carbocycles. The van der Waals surface area contributed by atoms with Gasteiger partial charge in [-0.1, -0.05) is 37.6 Å². The predicted octanol–water partition coefficient (Wildman–Crippen LogP) is 1.71. The lowest BCUT2D eigenvalue weighted by Gasteiger charge is -2.36. The van der Waals surface area contributed by atoms with Crippen LogP contribution in [0.2, 0.25) is 5.02 Å². The molecular weight excluding hydrogens is 306 g/mol. The van der Waals surface area contributed by atoms with Crippen LogP contribution in [0.25, 0.3) is 0 Å². The normalized spacial score (nSPS) is 17.4. The number of halogens is 1. The summed E-state index contributed by atoms with van der Waals surface area (Å²) in [5.74, 6) is -2.15. The van der Waals surface area contributed by atoms with Crippen molar-refractivity contribution >= 4 is 29.4 Å². The van der Waals surface area contributed by atoms with Gasteiger partial charge in [-0.2, -0.15) is 0 Å². The van der Waals surface area contributed by atoms with Crippen molar-refractivity contribution in [3.05, 3.63) is 34.9 Å². The summed E-state index contributed by atoms with van der Waals surface area (Å²) in [6.45, 7) is 5.23. The number of amides is 4. The van der Waals surface area contributed by atoms with E-state index in [9.17, 15) is 14.4 Å². The predicted molar refractivity (Wildman–Crippen MR) is 82.3 cm³/mol. The van der Waals surface area contributed by atoms with Gasteiger partial charge in [-0.3, -0.25) is 25.1 Å². The molecule has 7 heteroatoms. The highest BCUT2D eigenvalue weighted by atomic mass is 35.5. The third-order valence-electron chi connectivity index (χ3n) is 3.77. The molecule has 0 bridgehead atoms. The number of urea groups is 1. The van der Waals surface area contributed by atoms with Crippen molar-refractivity contribution in [3.8, 4) is 0 Å². The van der Waals surface area contributed by atoms with Crippen LogP contribution in [0.3, 0.4) is 0 Å². The molecule has 22 heavy (non-hydrogen) atoms. The molecule has 1 aromatic rings. The van der Waals surface area contributed by atoms with Gasteiger partial charge in [0, 0.05) is 5.02 Å². The zero-order valence-corrected chi connectivity index (χ0v) is 13.2. The van der Waals surface area contributed by atoms with Crippen LogP contribution >= 0.6 is 11.6 Å². The van der Waals surface area contributed by atoms with Crippen molar-refractivity contribution in [1.29, 1.82) is 0 Å². The quantitative estimate of drug-likeness (QED) is 0.809. The zero-order chi connectivity index (χ0) is 16.3. The molecule has 1 saturated heterocycles. The second-order valence-corrected chi connectivity index (χ2v) is 5.44. The van der Waals surface area contributed by atoms with E-state index in [1.807, 2.05) is 18.7 Å². The largest absolute Gasteiger partial charge is 0.328 e. The summed E-state index contributed by atoms with van der Waals surface area (Å²) in [5.41, 5.74) is 0.803. The van der Waals surface area contributed by atoms with Crippen LogP contribution in [0.15, 0.2) is 24.3 Å². The summed E-state index contributed by atoms with van der Waals surface area (Å²) < 4.78 is 0. The molecule has 4 amide bonds. The van der Waals surface area contributed by atoms with Gasteiger partial charge in [0.15, 0.2) is 0 Å². The van der Waals surface area contributed by atoms with Gasteiger partial charge in [0.1, 0.15) is 5.92 Å². The molecule has 1 fully saturated rings. The highest BCUT2D eigenvalue weighted by molar-refractivity contribution is 6.30. The number of carbonyl (C=O) groups excluding carboxylic acids is 3. The first kappa shape index (κ1) is 16.5. The number of rotatable bonds is 5. The Kier molecular flexibility index (Phi) is 5.15. The number of nitrogens with zero attached hydrogens (tertiary/aromatic N) is 1. The lowest BCUT2D eigenvalue weighted by molar-refractivity contribution is -0.139. The minimum atomic E-state index is -0.987. The Morgan fingerprint density at radius 3 is 2.00 bits per heavy atom. The second kappa shape index (κ2) is 6.89. The Labute approximate surface area is 133 Å². The van der Waals surface area contributed by atoms with Crippen LogP contribution in [0.1, 0.15) is 25.5 Å². The van der Waals surface area contributed by atoms with Gasteiger partial charge < -0.3 is 0 Å². The van der Waals surface area contributed by atoms with E-state index in [4.69, 9.17) is 11.6 Å². The Hall–Kier alpha value is -1.92. The molecule has 1 aromatic carbocycles. The SMILES string of the molecule is CCN(CC)C(c1ccc(Cl)cc1)C1C(=O)NC(=O)NC1=O. The maximum Gasteiger partial charge on any atom is 0.328 e. The number of barbiturate groups is 1. The maximum absolute atomic E-state index is 12.2. The number of carbonyl (C=O) groups is 3. The first-order valence-corrected chi connectivity index (χ1v) is 7.50. The summed E-state index contributed by atoms with van der Waals surface area (Å²) >= 11 is 5.91. The van der Waals surface area contributed by atoms with E-state index in [0.717, 1.165) is 5.56 Å². The third kappa shape index (κ3) is 3.28. The Balaban J connectivity index is 2.43. The minimum absolute atomic E-state index is 0.458. The summed E-state index contributed by atoms with van der Waals surface area (Å²) in [6, 6.07) is 5.79. The molecular formula is C15H18ClN3O3. The Morgan fingerprint density at radius 1 is 1.05 bits per heavy atom. The highest BCUT2D eigenvalue weighted by Gasteiger charge is 2.42. The molecule has 2 N–H and O–H groups in total. The summed E-state index contributed by atoms with van der Waals surface area (Å²) in [6.07, 6.45) is 0. The van der Waals surface area contributed by atoms with E-state index >= 15 is 0 Å². The monoisotopic (exact) mass is 323 g/mol. The highest BCUT2D eigenvalue weighted by Crippen LogP contribution is 2.31. The standard InChI is InChI=1S/C15H18ClN3O3/c1-3-19(4-2)12(9-5-7-10(16)8-6-9)11-13(20)17-15(22)18-14(11)21/h5-8,11-12H,3-4H2,1-2H3,(H2,17,18,20,21,22). The zero-order valence-electron chi connectivity index (χ0n) is 12.4. The number of nitrogens with one attached hydrogen (secondary N) is 2. The first-order chi connectivity index (χ1) is 10.5. The molecule has 1 atom stereocenters. The third-order valence-corrected chi connectivity index (χ3v) is 4.02. The Morgan fingerprint density at radius 2 is 1.55 bits per heavy atom. The van der Waals surface area contributed by atoms with Crippen LogP contribution in [-0.2, 0) is 9.59 Å². The second-order valence-electron chi connectivity index (χ2n) is 5.00. The minimum Gasteiger partial charge on any atom is -0.296 e. The van der Waals surface area contributed by atoms with E-state index in [0.29, 0.717) is 18.1 Å². The molecule has 0 spiro atoms. The van der Waals surface area contributed by atoms with Gasteiger partial charge in [0.25, 0.3) is 0 Å². The van der Waals surface area contributed by atoms with E-state index in [1.165, 1.54) is 0 Å².